The third-order valence-corrected chi connectivity index (χ3v) is 6.02. The fraction of sp³-hybridized carbons (Fsp3) is 0.280. The zero-order chi connectivity index (χ0) is 22.1. The van der Waals surface area contributed by atoms with Gasteiger partial charge in [-0.1, -0.05) is 24.3 Å². The van der Waals surface area contributed by atoms with E-state index in [9.17, 15) is 14.0 Å². The molecule has 0 fully saturated rings. The summed E-state index contributed by atoms with van der Waals surface area (Å²) in [6, 6.07) is 13.7. The second-order valence-electron chi connectivity index (χ2n) is 7.83. The fourth-order valence-electron chi connectivity index (χ4n) is 4.52. The number of nitrogens with one attached hydrogen (secondary N) is 1. The average Bonchev–Trinajstić information content (AvgIpc) is 2.78. The van der Waals surface area contributed by atoms with Gasteiger partial charge in [-0.05, 0) is 54.7 Å². The summed E-state index contributed by atoms with van der Waals surface area (Å²) < 4.78 is 23.8. The standard InChI is InChI=1S/C25H24FNO4/c1-14-22(25(29)31-3)23(16-4-8-18(26)9-5-16)24-20(27-14)12-17(13-21(24)28)15-6-10-19(30-2)11-7-15/h4-11,17,23,27H,12-13H2,1-3H3/t17-,23+/m1/s1. The van der Waals surface area contributed by atoms with E-state index < -0.39 is 11.9 Å². The van der Waals surface area contributed by atoms with Crippen LogP contribution in [-0.2, 0) is 14.3 Å². The van der Waals surface area contributed by atoms with Crippen LogP contribution in [0.3, 0.4) is 0 Å². The smallest absolute Gasteiger partial charge is 0.336 e. The average molecular weight is 421 g/mol. The quantitative estimate of drug-likeness (QED) is 0.743. The van der Waals surface area contributed by atoms with Gasteiger partial charge >= 0.3 is 5.97 Å². The number of carbonyl (C=O) groups excluding carboxylic acids is 2. The molecule has 0 aromatic heterocycles. The van der Waals surface area contributed by atoms with Crippen molar-refractivity contribution in [2.75, 3.05) is 14.2 Å². The van der Waals surface area contributed by atoms with Gasteiger partial charge in [0.25, 0.3) is 0 Å². The second-order valence-corrected chi connectivity index (χ2v) is 7.83. The number of esters is 1. The molecule has 0 spiro atoms. The summed E-state index contributed by atoms with van der Waals surface area (Å²) >= 11 is 0. The van der Waals surface area contributed by atoms with Gasteiger partial charge in [0.05, 0.1) is 19.8 Å². The topological polar surface area (TPSA) is 64.6 Å². The Hall–Kier alpha value is -3.41. The number of hydrogen-bond acceptors (Lipinski definition) is 5. The zero-order valence-electron chi connectivity index (χ0n) is 17.7. The largest absolute Gasteiger partial charge is 0.497 e. The van der Waals surface area contributed by atoms with Crippen LogP contribution in [0.1, 0.15) is 42.7 Å². The normalized spacial score (nSPS) is 20.8. The van der Waals surface area contributed by atoms with Gasteiger partial charge in [-0.2, -0.15) is 0 Å². The monoisotopic (exact) mass is 421 g/mol. The van der Waals surface area contributed by atoms with Gasteiger partial charge in [0.2, 0.25) is 0 Å². The highest BCUT2D eigenvalue weighted by molar-refractivity contribution is 6.04. The van der Waals surface area contributed by atoms with Crippen molar-refractivity contribution >= 4 is 11.8 Å². The molecule has 2 aromatic carbocycles. The van der Waals surface area contributed by atoms with Crippen LogP contribution in [-0.4, -0.2) is 26.0 Å². The highest BCUT2D eigenvalue weighted by Crippen LogP contribution is 2.45. The number of hydrogen-bond donors (Lipinski definition) is 1. The van der Waals surface area contributed by atoms with E-state index in [0.717, 1.165) is 17.0 Å². The van der Waals surface area contributed by atoms with Crippen LogP contribution in [0.2, 0.25) is 0 Å². The van der Waals surface area contributed by atoms with Crippen LogP contribution in [0.5, 0.6) is 5.75 Å². The molecule has 1 N–H and O–H groups in total. The molecular weight excluding hydrogens is 397 g/mol. The molecule has 160 valence electrons. The Morgan fingerprint density at radius 3 is 2.26 bits per heavy atom. The van der Waals surface area contributed by atoms with E-state index in [2.05, 4.69) is 5.32 Å². The molecular formula is C25H24FNO4. The first-order valence-electron chi connectivity index (χ1n) is 10.1. The van der Waals surface area contributed by atoms with E-state index in [1.54, 1.807) is 26.2 Å². The van der Waals surface area contributed by atoms with E-state index in [1.165, 1.54) is 19.2 Å². The van der Waals surface area contributed by atoms with E-state index in [0.29, 0.717) is 35.2 Å². The summed E-state index contributed by atoms with van der Waals surface area (Å²) in [4.78, 5) is 26.0. The number of ether oxygens (including phenoxy) is 2. The van der Waals surface area contributed by atoms with E-state index >= 15 is 0 Å². The fourth-order valence-corrected chi connectivity index (χ4v) is 4.52. The zero-order valence-corrected chi connectivity index (χ0v) is 17.7. The predicted octanol–water partition coefficient (Wildman–Crippen LogP) is 4.37. The number of methoxy groups -OCH3 is 2. The molecule has 2 atom stereocenters. The van der Waals surface area contributed by atoms with Gasteiger partial charge in [0, 0.05) is 29.3 Å². The molecule has 31 heavy (non-hydrogen) atoms. The molecule has 0 bridgehead atoms. The Bertz CT molecular complexity index is 1080. The van der Waals surface area contributed by atoms with Crippen molar-refractivity contribution in [2.45, 2.75) is 31.6 Å². The highest BCUT2D eigenvalue weighted by Gasteiger charge is 2.41. The third-order valence-electron chi connectivity index (χ3n) is 6.02. The maximum Gasteiger partial charge on any atom is 0.336 e. The van der Waals surface area contributed by atoms with Crippen LogP contribution >= 0.6 is 0 Å². The molecule has 4 rings (SSSR count). The minimum atomic E-state index is -0.589. The van der Waals surface area contributed by atoms with Crippen LogP contribution in [0.4, 0.5) is 4.39 Å². The maximum absolute atomic E-state index is 13.6. The van der Waals surface area contributed by atoms with E-state index in [1.807, 2.05) is 24.3 Å². The van der Waals surface area contributed by atoms with Crippen LogP contribution in [0.25, 0.3) is 0 Å². The highest BCUT2D eigenvalue weighted by atomic mass is 19.1. The third kappa shape index (κ3) is 3.85. The lowest BCUT2D eigenvalue weighted by Crippen LogP contribution is -2.36. The Morgan fingerprint density at radius 2 is 1.65 bits per heavy atom. The Balaban J connectivity index is 1.76. The van der Waals surface area contributed by atoms with Gasteiger partial charge in [0.1, 0.15) is 11.6 Å². The minimum Gasteiger partial charge on any atom is -0.497 e. The molecule has 1 heterocycles. The molecule has 1 aliphatic carbocycles. The number of allylic oxidation sites excluding steroid dienone is 3. The van der Waals surface area contributed by atoms with Crippen molar-refractivity contribution in [2.24, 2.45) is 0 Å². The van der Waals surface area contributed by atoms with Gasteiger partial charge in [0.15, 0.2) is 5.78 Å². The number of carbonyl (C=O) groups is 2. The first-order chi connectivity index (χ1) is 14.9. The molecule has 1 aliphatic heterocycles. The molecule has 0 unspecified atom stereocenters. The lowest BCUT2D eigenvalue weighted by molar-refractivity contribution is -0.136. The minimum absolute atomic E-state index is 0.0194. The van der Waals surface area contributed by atoms with E-state index in [-0.39, 0.29) is 17.5 Å². The summed E-state index contributed by atoms with van der Waals surface area (Å²) in [6.07, 6.45) is 0.967. The summed E-state index contributed by atoms with van der Waals surface area (Å²) in [6.45, 7) is 1.80. The van der Waals surface area contributed by atoms with Crippen molar-refractivity contribution in [1.29, 1.82) is 0 Å². The number of Topliss-reactive ketones (excluding diaryl/α,β-unsaturated/α-hetero) is 1. The maximum atomic E-state index is 13.6. The van der Waals surface area contributed by atoms with Crippen molar-refractivity contribution in [3.8, 4) is 5.75 Å². The van der Waals surface area contributed by atoms with Crippen LogP contribution in [0.15, 0.2) is 71.1 Å². The summed E-state index contributed by atoms with van der Waals surface area (Å²) in [5.41, 5.74) is 4.12. The predicted molar refractivity (Wildman–Crippen MR) is 114 cm³/mol. The molecule has 6 heteroatoms. The lowest BCUT2D eigenvalue weighted by Gasteiger charge is -2.36. The van der Waals surface area contributed by atoms with Crippen LogP contribution in [0, 0.1) is 5.82 Å². The molecule has 0 saturated carbocycles. The Morgan fingerprint density at radius 1 is 1.00 bits per heavy atom. The van der Waals surface area contributed by atoms with Crippen molar-refractivity contribution in [3.63, 3.8) is 0 Å². The molecule has 2 aliphatic rings. The summed E-state index contributed by atoms with van der Waals surface area (Å²) in [5.74, 6) is -0.713. The lowest BCUT2D eigenvalue weighted by atomic mass is 9.72. The molecule has 2 aromatic rings. The van der Waals surface area contributed by atoms with Gasteiger partial charge in [-0.15, -0.1) is 0 Å². The number of rotatable bonds is 4. The van der Waals surface area contributed by atoms with E-state index in [4.69, 9.17) is 9.47 Å². The SMILES string of the molecule is COC(=O)C1=C(C)NC2=C(C(=O)C[C@H](c3ccc(OC)cc3)C2)[C@H]1c1ccc(F)cc1. The van der Waals surface area contributed by atoms with Crippen molar-refractivity contribution in [3.05, 3.63) is 88.0 Å². The Labute approximate surface area is 180 Å². The first-order valence-corrected chi connectivity index (χ1v) is 10.1. The molecule has 5 nitrogen and oxygen atoms in total. The van der Waals surface area contributed by atoms with Crippen molar-refractivity contribution in [1.82, 2.24) is 5.32 Å². The second kappa shape index (κ2) is 8.38. The van der Waals surface area contributed by atoms with Gasteiger partial charge < -0.3 is 14.8 Å². The Kier molecular flexibility index (Phi) is 5.63. The van der Waals surface area contributed by atoms with Gasteiger partial charge in [-0.25, -0.2) is 9.18 Å². The first kappa shape index (κ1) is 20.8. The number of dihydropyridines is 1. The number of benzene rings is 2. The number of halogens is 1. The van der Waals surface area contributed by atoms with Crippen LogP contribution < -0.4 is 10.1 Å². The summed E-state index contributed by atoms with van der Waals surface area (Å²) in [7, 11) is 2.93. The molecule has 0 amide bonds. The van der Waals surface area contributed by atoms with Gasteiger partial charge in [-0.3, -0.25) is 4.79 Å². The molecule has 0 radical (unpaired) electrons. The summed E-state index contributed by atoms with van der Waals surface area (Å²) in [5, 5.41) is 3.29. The number of ketones is 1. The molecule has 0 saturated heterocycles. The van der Waals surface area contributed by atoms with Crippen molar-refractivity contribution < 1.29 is 23.5 Å².